The van der Waals surface area contributed by atoms with Crippen molar-refractivity contribution in [3.63, 3.8) is 0 Å². The lowest BCUT2D eigenvalue weighted by molar-refractivity contribution is 0.0911. The number of hydrogen-bond donors (Lipinski definition) is 2. The molecule has 0 aliphatic heterocycles. The number of aliphatic hydroxyl groups excluding tert-OH is 1. The van der Waals surface area contributed by atoms with Gasteiger partial charge in [-0.15, -0.1) is 11.3 Å². The van der Waals surface area contributed by atoms with Gasteiger partial charge in [-0.05, 0) is 25.0 Å². The van der Waals surface area contributed by atoms with E-state index in [1.807, 2.05) is 25.3 Å². The Balaban J connectivity index is 2.05. The molecule has 2 unspecified atom stereocenters. The zero-order chi connectivity index (χ0) is 15.9. The fourth-order valence-electron chi connectivity index (χ4n) is 1.83. The fourth-order valence-corrected chi connectivity index (χ4v) is 2.37. The summed E-state index contributed by atoms with van der Waals surface area (Å²) in [5, 5.41) is 13.9. The largest absolute Gasteiger partial charge is 0.486 e. The van der Waals surface area contributed by atoms with Crippen LogP contribution >= 0.6 is 11.3 Å². The molecule has 2 aromatic rings. The number of rotatable bonds is 7. The van der Waals surface area contributed by atoms with Crippen LogP contribution in [0.15, 0.2) is 35.2 Å². The van der Waals surface area contributed by atoms with Crippen LogP contribution in [0.4, 0.5) is 0 Å². The van der Waals surface area contributed by atoms with Gasteiger partial charge in [0.2, 0.25) is 0 Å². The molecule has 118 valence electrons. The molecule has 1 aromatic heterocycles. The highest BCUT2D eigenvalue weighted by atomic mass is 32.1. The Morgan fingerprint density at radius 2 is 2.18 bits per heavy atom. The number of aliphatic hydroxyl groups is 1. The molecule has 2 rings (SSSR count). The van der Waals surface area contributed by atoms with Crippen LogP contribution in [0.5, 0.6) is 5.75 Å². The smallest absolute Gasteiger partial charge is 0.255 e. The van der Waals surface area contributed by atoms with Gasteiger partial charge in [0.05, 0.1) is 16.8 Å². The second kappa shape index (κ2) is 7.91. The van der Waals surface area contributed by atoms with Crippen LogP contribution in [0, 0.1) is 5.92 Å². The zero-order valence-corrected chi connectivity index (χ0v) is 13.5. The van der Waals surface area contributed by atoms with E-state index < -0.39 is 0 Å². The molecule has 6 heteroatoms. The normalized spacial score (nSPS) is 13.4. The van der Waals surface area contributed by atoms with E-state index in [0.717, 1.165) is 5.69 Å². The van der Waals surface area contributed by atoms with Gasteiger partial charge in [0.1, 0.15) is 12.4 Å². The van der Waals surface area contributed by atoms with E-state index in [-0.39, 0.29) is 24.5 Å². The molecule has 5 nitrogen and oxygen atoms in total. The van der Waals surface area contributed by atoms with Gasteiger partial charge in [0, 0.05) is 18.0 Å². The third-order valence-electron chi connectivity index (χ3n) is 3.49. The molecular formula is C16H20N2O3S. The van der Waals surface area contributed by atoms with Crippen LogP contribution in [0.3, 0.4) is 0 Å². The highest BCUT2D eigenvalue weighted by Gasteiger charge is 2.18. The highest BCUT2D eigenvalue weighted by molar-refractivity contribution is 7.07. The number of para-hydroxylation sites is 1. The number of nitrogens with zero attached hydrogens (tertiary/aromatic N) is 1. The van der Waals surface area contributed by atoms with Crippen LogP contribution in [-0.4, -0.2) is 28.6 Å². The van der Waals surface area contributed by atoms with Crippen molar-refractivity contribution in [2.45, 2.75) is 26.5 Å². The molecule has 1 aromatic carbocycles. The second-order valence-electron chi connectivity index (χ2n) is 5.19. The van der Waals surface area contributed by atoms with Crippen molar-refractivity contribution in [2.75, 3.05) is 6.61 Å². The Morgan fingerprint density at radius 3 is 2.86 bits per heavy atom. The van der Waals surface area contributed by atoms with Crippen LogP contribution < -0.4 is 10.1 Å². The zero-order valence-electron chi connectivity index (χ0n) is 12.7. The molecule has 2 atom stereocenters. The van der Waals surface area contributed by atoms with Crippen molar-refractivity contribution in [1.82, 2.24) is 10.3 Å². The number of benzene rings is 1. The van der Waals surface area contributed by atoms with Crippen molar-refractivity contribution >= 4 is 17.2 Å². The van der Waals surface area contributed by atoms with Gasteiger partial charge in [0.25, 0.3) is 5.91 Å². The Kier molecular flexibility index (Phi) is 5.91. The number of carbonyl (C=O) groups excluding carboxylic acids is 1. The van der Waals surface area contributed by atoms with Gasteiger partial charge >= 0.3 is 0 Å². The first-order chi connectivity index (χ1) is 10.6. The lowest BCUT2D eigenvalue weighted by Gasteiger charge is -2.20. The number of carbonyl (C=O) groups is 1. The maximum atomic E-state index is 12.4. The summed E-state index contributed by atoms with van der Waals surface area (Å²) in [5.41, 5.74) is 3.06. The number of aromatic nitrogens is 1. The standard InChI is InChI=1S/C16H20N2O3S/c1-11(7-19)12(2)18-16(20)14-5-3-4-6-15(14)21-8-13-9-22-10-17-13/h3-6,9-12,19H,7-8H2,1-2H3,(H,18,20). The summed E-state index contributed by atoms with van der Waals surface area (Å²) in [4.78, 5) is 16.5. The first kappa shape index (κ1) is 16.5. The van der Waals surface area contributed by atoms with Crippen LogP contribution in [0.2, 0.25) is 0 Å². The number of hydrogen-bond acceptors (Lipinski definition) is 5. The molecule has 0 saturated heterocycles. The maximum Gasteiger partial charge on any atom is 0.255 e. The minimum atomic E-state index is -0.207. The summed E-state index contributed by atoms with van der Waals surface area (Å²) in [6, 6.07) is 6.99. The predicted molar refractivity (Wildman–Crippen MR) is 86.1 cm³/mol. The second-order valence-corrected chi connectivity index (χ2v) is 5.91. The minimum Gasteiger partial charge on any atom is -0.486 e. The number of ether oxygens (including phenoxy) is 1. The van der Waals surface area contributed by atoms with Crippen molar-refractivity contribution in [3.05, 3.63) is 46.4 Å². The lowest BCUT2D eigenvalue weighted by atomic mass is 10.0. The van der Waals surface area contributed by atoms with E-state index in [1.165, 1.54) is 11.3 Å². The minimum absolute atomic E-state index is 0.00737. The molecule has 0 aliphatic rings. The molecule has 1 amide bonds. The highest BCUT2D eigenvalue weighted by Crippen LogP contribution is 2.20. The first-order valence-electron chi connectivity index (χ1n) is 7.12. The molecule has 0 radical (unpaired) electrons. The molecule has 0 fully saturated rings. The molecule has 1 heterocycles. The average Bonchev–Trinajstić information content (AvgIpc) is 3.05. The van der Waals surface area contributed by atoms with E-state index >= 15 is 0 Å². The van der Waals surface area contributed by atoms with E-state index in [9.17, 15) is 4.79 Å². The average molecular weight is 320 g/mol. The Hall–Kier alpha value is -1.92. The van der Waals surface area contributed by atoms with Gasteiger partial charge in [0.15, 0.2) is 0 Å². The quantitative estimate of drug-likeness (QED) is 0.822. The van der Waals surface area contributed by atoms with Gasteiger partial charge in [-0.3, -0.25) is 4.79 Å². The third-order valence-corrected chi connectivity index (χ3v) is 4.13. The van der Waals surface area contributed by atoms with E-state index in [2.05, 4.69) is 10.3 Å². The lowest BCUT2D eigenvalue weighted by Crippen LogP contribution is -2.38. The Bertz CT molecular complexity index is 601. The van der Waals surface area contributed by atoms with Crippen LogP contribution in [0.1, 0.15) is 29.9 Å². The number of thiazole rings is 1. The Morgan fingerprint density at radius 1 is 1.41 bits per heavy atom. The van der Waals surface area contributed by atoms with Gasteiger partial charge in [-0.25, -0.2) is 4.98 Å². The molecule has 0 spiro atoms. The molecule has 0 aliphatic carbocycles. The SMILES string of the molecule is CC(CO)C(C)NC(=O)c1ccccc1OCc1cscn1. The predicted octanol–water partition coefficient (Wildman–Crippen LogP) is 2.47. The molecule has 2 N–H and O–H groups in total. The summed E-state index contributed by atoms with van der Waals surface area (Å²) in [6.45, 7) is 4.12. The van der Waals surface area contributed by atoms with Crippen molar-refractivity contribution < 1.29 is 14.6 Å². The van der Waals surface area contributed by atoms with Crippen molar-refractivity contribution in [1.29, 1.82) is 0 Å². The van der Waals surface area contributed by atoms with Crippen LogP contribution in [-0.2, 0) is 6.61 Å². The van der Waals surface area contributed by atoms with Gasteiger partial charge < -0.3 is 15.2 Å². The summed E-state index contributed by atoms with van der Waals surface area (Å²) >= 11 is 1.51. The number of amides is 1. The monoisotopic (exact) mass is 320 g/mol. The number of nitrogens with one attached hydrogen (secondary N) is 1. The summed E-state index contributed by atoms with van der Waals surface area (Å²) < 4.78 is 5.70. The maximum absolute atomic E-state index is 12.4. The Labute approximate surface area is 134 Å². The van der Waals surface area contributed by atoms with Crippen molar-refractivity contribution in [3.8, 4) is 5.75 Å². The molecule has 0 saturated carbocycles. The van der Waals surface area contributed by atoms with E-state index in [4.69, 9.17) is 9.84 Å². The van der Waals surface area contributed by atoms with Crippen molar-refractivity contribution in [2.24, 2.45) is 5.92 Å². The fraction of sp³-hybridized carbons (Fsp3) is 0.375. The molecule has 0 bridgehead atoms. The molecule has 22 heavy (non-hydrogen) atoms. The topological polar surface area (TPSA) is 71.5 Å². The first-order valence-corrected chi connectivity index (χ1v) is 8.06. The molecular weight excluding hydrogens is 300 g/mol. The van der Waals surface area contributed by atoms with E-state index in [1.54, 1.807) is 23.7 Å². The summed E-state index contributed by atoms with van der Waals surface area (Å²) in [6.07, 6.45) is 0. The van der Waals surface area contributed by atoms with E-state index in [0.29, 0.717) is 17.9 Å². The van der Waals surface area contributed by atoms with Gasteiger partial charge in [-0.1, -0.05) is 19.1 Å². The van der Waals surface area contributed by atoms with Gasteiger partial charge in [-0.2, -0.15) is 0 Å². The third kappa shape index (κ3) is 4.29. The summed E-state index contributed by atoms with van der Waals surface area (Å²) in [7, 11) is 0. The summed E-state index contributed by atoms with van der Waals surface area (Å²) in [5.74, 6) is 0.311. The van der Waals surface area contributed by atoms with Crippen LogP contribution in [0.25, 0.3) is 0 Å².